The fourth-order valence-corrected chi connectivity index (χ4v) is 3.85. The Morgan fingerprint density at radius 3 is 1.23 bits per heavy atom. The number of hydrogen-bond acceptors (Lipinski definition) is 0. The Labute approximate surface area is 133 Å². The van der Waals surface area contributed by atoms with E-state index in [0.717, 1.165) is 0 Å². The van der Waals surface area contributed by atoms with Crippen LogP contribution in [-0.2, 0) is 0 Å². The molecule has 0 nitrogen and oxygen atoms in total. The molecular weight excluding hydrogens is 262 g/mol. The topological polar surface area (TPSA) is 0 Å². The van der Waals surface area contributed by atoms with Gasteiger partial charge in [-0.3, -0.25) is 0 Å². The molecule has 0 saturated heterocycles. The first-order chi connectivity index (χ1) is 10.6. The average molecular weight is 282 g/mol. The predicted molar refractivity (Wildman–Crippen MR) is 104 cm³/mol. The highest BCUT2D eigenvalue weighted by molar-refractivity contribution is 6.74. The predicted octanol–water partition coefficient (Wildman–Crippen LogP) is 4.51. The summed E-state index contributed by atoms with van der Waals surface area (Å²) < 4.78 is 0. The van der Waals surface area contributed by atoms with Crippen LogP contribution in [0.15, 0.2) is 48.5 Å². The molecule has 0 heterocycles. The van der Waals surface area contributed by atoms with Crippen LogP contribution >= 0.6 is 0 Å². The Morgan fingerprint density at radius 2 is 0.864 bits per heavy atom. The summed E-state index contributed by atoms with van der Waals surface area (Å²) in [5, 5.41) is 8.46. The molecule has 4 aromatic carbocycles. The first kappa shape index (κ1) is 13.7. The minimum atomic E-state index is 0.550. The van der Waals surface area contributed by atoms with Crippen molar-refractivity contribution in [1.29, 1.82) is 0 Å². The van der Waals surface area contributed by atoms with Crippen LogP contribution in [0.1, 0.15) is 0 Å². The van der Waals surface area contributed by atoms with Gasteiger partial charge in [0.15, 0.2) is 13.4 Å². The van der Waals surface area contributed by atoms with Crippen LogP contribution in [0, 0.1) is 0 Å². The molecule has 2 heteroatoms. The summed E-state index contributed by atoms with van der Waals surface area (Å²) in [6.07, 6.45) is 0. The third-order valence-corrected chi connectivity index (χ3v) is 4.98. The lowest BCUT2D eigenvalue weighted by molar-refractivity contribution is 1.79. The molecule has 0 amide bonds. The molecule has 0 aliphatic heterocycles. The lowest BCUT2D eigenvalue weighted by atomic mass is 9.48. The van der Waals surface area contributed by atoms with E-state index in [0.29, 0.717) is 13.4 Å². The summed E-state index contributed by atoms with van der Waals surface area (Å²) in [5.74, 6) is 0. The molecule has 0 aromatic heterocycles. The van der Waals surface area contributed by atoms with Gasteiger partial charge in [0.25, 0.3) is 0 Å². The summed E-state index contributed by atoms with van der Waals surface area (Å²) in [6, 6.07) is 18.4. The Kier molecular flexibility index (Phi) is 2.97. The van der Waals surface area contributed by atoms with Crippen molar-refractivity contribution in [3.8, 4) is 0 Å². The largest absolute Gasteiger partial charge is 0.170 e. The summed E-state index contributed by atoms with van der Waals surface area (Å²) in [6.45, 7) is 10.2. The number of rotatable bonds is 2. The maximum Gasteiger partial charge on any atom is 0.170 e. The van der Waals surface area contributed by atoms with Gasteiger partial charge in [-0.25, -0.2) is 0 Å². The number of benzene rings is 4. The van der Waals surface area contributed by atoms with Gasteiger partial charge in [-0.05, 0) is 32.3 Å². The van der Waals surface area contributed by atoms with Gasteiger partial charge >= 0.3 is 0 Å². The van der Waals surface area contributed by atoms with E-state index in [9.17, 15) is 0 Å². The third-order valence-electron chi connectivity index (χ3n) is 4.98. The summed E-state index contributed by atoms with van der Waals surface area (Å²) in [7, 11) is 0. The van der Waals surface area contributed by atoms with Gasteiger partial charge in [-0.1, -0.05) is 86.7 Å². The van der Waals surface area contributed by atoms with Crippen LogP contribution in [0.5, 0.6) is 0 Å². The minimum absolute atomic E-state index is 0.550. The van der Waals surface area contributed by atoms with Gasteiger partial charge in [0, 0.05) is 0 Å². The van der Waals surface area contributed by atoms with E-state index >= 15 is 0 Å². The van der Waals surface area contributed by atoms with Crippen molar-refractivity contribution in [2.45, 2.75) is 27.3 Å². The molecule has 0 aliphatic carbocycles. The lowest BCUT2D eigenvalue weighted by Gasteiger charge is -2.17. The normalized spacial score (nSPS) is 11.6. The fourth-order valence-electron chi connectivity index (χ4n) is 3.85. The van der Waals surface area contributed by atoms with Crippen molar-refractivity contribution < 1.29 is 0 Å². The summed E-state index contributed by atoms with van der Waals surface area (Å²) >= 11 is 0. The highest BCUT2D eigenvalue weighted by atomic mass is 14.1. The quantitative estimate of drug-likeness (QED) is 0.375. The zero-order valence-electron chi connectivity index (χ0n) is 13.8. The zero-order valence-corrected chi connectivity index (χ0v) is 13.8. The van der Waals surface area contributed by atoms with Crippen LogP contribution in [0.2, 0.25) is 27.3 Å². The van der Waals surface area contributed by atoms with E-state index in [2.05, 4.69) is 75.8 Å². The first-order valence-corrected chi connectivity index (χ1v) is 8.28. The molecule has 0 spiro atoms. The maximum absolute atomic E-state index is 2.31. The average Bonchev–Trinajstić information content (AvgIpc) is 2.51. The van der Waals surface area contributed by atoms with Crippen molar-refractivity contribution in [3.63, 3.8) is 0 Å². The van der Waals surface area contributed by atoms with Crippen molar-refractivity contribution >= 4 is 56.7 Å². The molecule has 22 heavy (non-hydrogen) atoms. The molecule has 0 bridgehead atoms. The van der Waals surface area contributed by atoms with Crippen molar-refractivity contribution in [3.05, 3.63) is 48.5 Å². The molecule has 0 radical (unpaired) electrons. The van der Waals surface area contributed by atoms with Crippen molar-refractivity contribution in [2.24, 2.45) is 0 Å². The van der Waals surface area contributed by atoms with Gasteiger partial charge in [-0.2, -0.15) is 0 Å². The summed E-state index contributed by atoms with van der Waals surface area (Å²) in [5.41, 5.74) is 2.91. The van der Waals surface area contributed by atoms with E-state index < -0.39 is 0 Å². The second-order valence-electron chi connectivity index (χ2n) is 7.04. The fraction of sp³-hybridized carbons (Fsp3) is 0.200. The van der Waals surface area contributed by atoms with E-state index in [1.54, 1.807) is 0 Å². The van der Waals surface area contributed by atoms with Gasteiger partial charge in [0.2, 0.25) is 0 Å². The standard InChI is InChI=1S/C20H20B2/c1-21(2)17-11-7-13-6-10-16-18(22(3)4)12-8-14-5-9-15(17)19(13)20(14)16/h5-12H,1-4H3. The molecule has 0 aliphatic rings. The Bertz CT molecular complexity index is 901. The van der Waals surface area contributed by atoms with Crippen LogP contribution in [0.3, 0.4) is 0 Å². The molecule has 0 atom stereocenters. The smallest absolute Gasteiger partial charge is 0.0819 e. The molecule has 4 aromatic rings. The van der Waals surface area contributed by atoms with Crippen molar-refractivity contribution in [1.82, 2.24) is 0 Å². The van der Waals surface area contributed by atoms with Crippen LogP contribution in [-0.4, -0.2) is 13.4 Å². The first-order valence-electron chi connectivity index (χ1n) is 8.28. The van der Waals surface area contributed by atoms with E-state index in [1.807, 2.05) is 0 Å². The SMILES string of the molecule is CB(C)c1ccc2ccc3c(B(C)C)ccc4ccc1c2c43. The third kappa shape index (κ3) is 1.80. The second-order valence-corrected chi connectivity index (χ2v) is 7.04. The van der Waals surface area contributed by atoms with Crippen LogP contribution < -0.4 is 10.9 Å². The Hall–Kier alpha value is -1.95. The van der Waals surface area contributed by atoms with E-state index in [1.165, 1.54) is 43.2 Å². The lowest BCUT2D eigenvalue weighted by Crippen LogP contribution is -2.24. The highest BCUT2D eigenvalue weighted by Gasteiger charge is 2.16. The van der Waals surface area contributed by atoms with Crippen molar-refractivity contribution in [2.75, 3.05) is 0 Å². The van der Waals surface area contributed by atoms with Gasteiger partial charge in [0.1, 0.15) is 0 Å². The molecule has 0 unspecified atom stereocenters. The zero-order chi connectivity index (χ0) is 15.4. The van der Waals surface area contributed by atoms with Gasteiger partial charge in [0.05, 0.1) is 0 Å². The highest BCUT2D eigenvalue weighted by Crippen LogP contribution is 2.33. The summed E-state index contributed by atoms with van der Waals surface area (Å²) in [4.78, 5) is 0. The van der Waals surface area contributed by atoms with Crippen LogP contribution in [0.4, 0.5) is 0 Å². The van der Waals surface area contributed by atoms with Gasteiger partial charge in [-0.15, -0.1) is 0 Å². The molecule has 0 saturated carbocycles. The van der Waals surface area contributed by atoms with Crippen LogP contribution in [0.25, 0.3) is 32.3 Å². The molecule has 4 rings (SSSR count). The van der Waals surface area contributed by atoms with E-state index in [4.69, 9.17) is 0 Å². The molecular formula is C20H20B2. The second kappa shape index (κ2) is 4.78. The molecule has 106 valence electrons. The number of hydrogen-bond donors (Lipinski definition) is 0. The Morgan fingerprint density at radius 1 is 0.500 bits per heavy atom. The minimum Gasteiger partial charge on any atom is -0.0819 e. The molecule has 0 fully saturated rings. The maximum atomic E-state index is 2.31. The molecule has 0 N–H and O–H groups in total. The van der Waals surface area contributed by atoms with E-state index in [-0.39, 0.29) is 0 Å². The van der Waals surface area contributed by atoms with Gasteiger partial charge < -0.3 is 0 Å². The monoisotopic (exact) mass is 282 g/mol. The Balaban J connectivity index is 2.28.